The van der Waals surface area contributed by atoms with Gasteiger partial charge in [0.1, 0.15) is 0 Å². The molecule has 0 bridgehead atoms. The molecule has 0 spiro atoms. The van der Waals surface area contributed by atoms with Crippen molar-refractivity contribution in [3.63, 3.8) is 0 Å². The van der Waals surface area contributed by atoms with Crippen molar-refractivity contribution in [2.24, 2.45) is 0 Å². The Hall–Kier alpha value is -3.57. The van der Waals surface area contributed by atoms with Crippen LogP contribution in [0.2, 0.25) is 0 Å². The van der Waals surface area contributed by atoms with Crippen molar-refractivity contribution in [2.45, 2.75) is 27.7 Å². The molecule has 1 aromatic heterocycles. The van der Waals surface area contributed by atoms with Gasteiger partial charge in [0.15, 0.2) is 0 Å². The molecule has 0 unspecified atom stereocenters. The lowest BCUT2D eigenvalue weighted by molar-refractivity contribution is 0.952. The summed E-state index contributed by atoms with van der Waals surface area (Å²) < 4.78 is 2.27. The number of aryl methyl sites for hydroxylation is 3. The first-order valence-corrected chi connectivity index (χ1v) is 9.85. The Labute approximate surface area is 172 Å². The van der Waals surface area contributed by atoms with Crippen molar-refractivity contribution < 1.29 is 0 Å². The zero-order valence-electron chi connectivity index (χ0n) is 17.3. The summed E-state index contributed by atoms with van der Waals surface area (Å²) in [6, 6.07) is 25.5. The van der Waals surface area contributed by atoms with Crippen molar-refractivity contribution >= 4 is 22.4 Å². The normalized spacial score (nSPS) is 11.6. The van der Waals surface area contributed by atoms with Crippen molar-refractivity contribution in [3.8, 4) is 11.8 Å². The van der Waals surface area contributed by atoms with Crippen LogP contribution in [-0.2, 0) is 0 Å². The van der Waals surface area contributed by atoms with Crippen LogP contribution in [0.5, 0.6) is 0 Å². The first-order valence-electron chi connectivity index (χ1n) is 9.85. The molecule has 0 N–H and O–H groups in total. The highest BCUT2D eigenvalue weighted by Gasteiger charge is 2.12. The second-order valence-electron chi connectivity index (χ2n) is 7.68. The van der Waals surface area contributed by atoms with Crippen LogP contribution in [0.15, 0.2) is 66.7 Å². The summed E-state index contributed by atoms with van der Waals surface area (Å²) in [5.74, 6) is 0. The minimum absolute atomic E-state index is 0.677. The monoisotopic (exact) mass is 376 g/mol. The van der Waals surface area contributed by atoms with E-state index in [0.29, 0.717) is 5.57 Å². The number of rotatable bonds is 3. The summed E-state index contributed by atoms with van der Waals surface area (Å²) in [5.41, 5.74) is 8.70. The van der Waals surface area contributed by atoms with Crippen molar-refractivity contribution in [3.05, 3.63) is 100 Å². The Morgan fingerprint density at radius 2 is 1.62 bits per heavy atom. The van der Waals surface area contributed by atoms with Crippen LogP contribution >= 0.6 is 0 Å². The highest BCUT2D eigenvalue weighted by atomic mass is 15.0. The maximum absolute atomic E-state index is 9.85. The third-order valence-corrected chi connectivity index (χ3v) is 5.54. The number of nitriles is 1. The molecule has 1 heterocycles. The molecule has 0 atom stereocenters. The molecular weight excluding hydrogens is 352 g/mol. The molecule has 0 aliphatic carbocycles. The zero-order chi connectivity index (χ0) is 20.5. The van der Waals surface area contributed by atoms with E-state index in [1.165, 1.54) is 22.2 Å². The summed E-state index contributed by atoms with van der Waals surface area (Å²) in [5, 5.41) is 12.2. The molecule has 4 rings (SSSR count). The molecule has 0 saturated carbocycles. The first kappa shape index (κ1) is 18.8. The summed E-state index contributed by atoms with van der Waals surface area (Å²) in [6.45, 7) is 8.49. The predicted octanol–water partition coefficient (Wildman–Crippen LogP) is 6.93. The number of allylic oxidation sites excluding steroid dienone is 1. The minimum Gasteiger partial charge on any atom is -0.318 e. The Bertz CT molecular complexity index is 1300. The fourth-order valence-corrected chi connectivity index (χ4v) is 4.05. The lowest BCUT2D eigenvalue weighted by atomic mass is 10.0. The second kappa shape index (κ2) is 7.45. The van der Waals surface area contributed by atoms with Gasteiger partial charge >= 0.3 is 0 Å². The van der Waals surface area contributed by atoms with Gasteiger partial charge in [-0.3, -0.25) is 0 Å². The standard InChI is InChI=1S/C27H24N2/c1-18-9-12-27(19(2)13-18)29-20(3)14-25(21(29)4)16-26(17-28)24-11-10-22-7-5-6-8-23(22)15-24/h5-16H,1-4H3/b26-16-. The van der Waals surface area contributed by atoms with Gasteiger partial charge in [-0.15, -0.1) is 0 Å². The highest BCUT2D eigenvalue weighted by molar-refractivity contribution is 5.94. The Morgan fingerprint density at radius 1 is 0.862 bits per heavy atom. The van der Waals surface area contributed by atoms with Gasteiger partial charge in [-0.1, -0.05) is 54.1 Å². The van der Waals surface area contributed by atoms with E-state index in [-0.39, 0.29) is 0 Å². The van der Waals surface area contributed by atoms with Crippen LogP contribution in [0.1, 0.15) is 33.6 Å². The van der Waals surface area contributed by atoms with E-state index in [9.17, 15) is 5.26 Å². The quantitative estimate of drug-likeness (QED) is 0.356. The van der Waals surface area contributed by atoms with E-state index in [2.05, 4.69) is 86.9 Å². The van der Waals surface area contributed by atoms with E-state index in [1.54, 1.807) is 0 Å². The second-order valence-corrected chi connectivity index (χ2v) is 7.68. The number of hydrogen-bond acceptors (Lipinski definition) is 1. The van der Waals surface area contributed by atoms with Gasteiger partial charge < -0.3 is 4.57 Å². The highest BCUT2D eigenvalue weighted by Crippen LogP contribution is 2.28. The average molecular weight is 377 g/mol. The lowest BCUT2D eigenvalue weighted by Gasteiger charge is -2.13. The van der Waals surface area contributed by atoms with E-state index < -0.39 is 0 Å². The van der Waals surface area contributed by atoms with Gasteiger partial charge in [0.25, 0.3) is 0 Å². The maximum Gasteiger partial charge on any atom is 0.0998 e. The fourth-order valence-electron chi connectivity index (χ4n) is 4.05. The average Bonchev–Trinajstić information content (AvgIpc) is 2.99. The van der Waals surface area contributed by atoms with Crippen molar-refractivity contribution in [1.82, 2.24) is 4.57 Å². The van der Waals surface area contributed by atoms with Crippen LogP contribution < -0.4 is 0 Å². The number of hydrogen-bond donors (Lipinski definition) is 0. The molecule has 0 radical (unpaired) electrons. The van der Waals surface area contributed by atoms with Gasteiger partial charge in [0.2, 0.25) is 0 Å². The molecule has 3 aromatic carbocycles. The van der Waals surface area contributed by atoms with Gasteiger partial charge in [-0.25, -0.2) is 0 Å². The van der Waals surface area contributed by atoms with Crippen LogP contribution in [0.25, 0.3) is 28.1 Å². The van der Waals surface area contributed by atoms with E-state index >= 15 is 0 Å². The molecule has 29 heavy (non-hydrogen) atoms. The molecule has 0 aliphatic heterocycles. The molecule has 0 aliphatic rings. The van der Waals surface area contributed by atoms with Crippen LogP contribution in [0.4, 0.5) is 0 Å². The fraction of sp³-hybridized carbons (Fsp3) is 0.148. The molecule has 2 heteroatoms. The molecule has 0 fully saturated rings. The van der Waals surface area contributed by atoms with E-state index in [0.717, 1.165) is 27.9 Å². The lowest BCUT2D eigenvalue weighted by Crippen LogP contribution is -2.01. The zero-order valence-corrected chi connectivity index (χ0v) is 17.3. The maximum atomic E-state index is 9.85. The van der Waals surface area contributed by atoms with Crippen LogP contribution in [-0.4, -0.2) is 4.57 Å². The third-order valence-electron chi connectivity index (χ3n) is 5.54. The SMILES string of the molecule is Cc1ccc(-n2c(C)cc(/C=C(/C#N)c3ccc4ccccc4c3)c2C)c(C)c1. The summed E-state index contributed by atoms with van der Waals surface area (Å²) in [6.07, 6.45) is 2.01. The van der Waals surface area contributed by atoms with Gasteiger partial charge in [-0.2, -0.15) is 5.26 Å². The van der Waals surface area contributed by atoms with Crippen LogP contribution in [0.3, 0.4) is 0 Å². The minimum atomic E-state index is 0.677. The Kier molecular flexibility index (Phi) is 4.82. The Morgan fingerprint density at radius 3 is 2.34 bits per heavy atom. The number of nitrogens with zero attached hydrogens (tertiary/aromatic N) is 2. The predicted molar refractivity (Wildman–Crippen MR) is 122 cm³/mol. The number of aromatic nitrogens is 1. The molecule has 0 saturated heterocycles. The molecular formula is C27H24N2. The number of benzene rings is 3. The van der Waals surface area contributed by atoms with E-state index in [1.807, 2.05) is 24.3 Å². The van der Waals surface area contributed by atoms with Crippen LogP contribution in [0, 0.1) is 39.0 Å². The van der Waals surface area contributed by atoms with Crippen molar-refractivity contribution in [1.29, 1.82) is 5.26 Å². The smallest absolute Gasteiger partial charge is 0.0998 e. The van der Waals surface area contributed by atoms with E-state index in [4.69, 9.17) is 0 Å². The van der Waals surface area contributed by atoms with Gasteiger partial charge in [0, 0.05) is 17.1 Å². The number of fused-ring (bicyclic) bond motifs is 1. The Balaban J connectivity index is 1.81. The summed E-state index contributed by atoms with van der Waals surface area (Å²) >= 11 is 0. The van der Waals surface area contributed by atoms with Gasteiger partial charge in [0.05, 0.1) is 11.6 Å². The molecule has 2 nitrogen and oxygen atoms in total. The first-order chi connectivity index (χ1) is 14.0. The molecule has 0 amide bonds. The van der Waals surface area contributed by atoms with Crippen molar-refractivity contribution in [2.75, 3.05) is 0 Å². The topological polar surface area (TPSA) is 28.7 Å². The van der Waals surface area contributed by atoms with Gasteiger partial charge in [-0.05, 0) is 79.4 Å². The molecule has 142 valence electrons. The largest absolute Gasteiger partial charge is 0.318 e. The molecule has 4 aromatic rings. The summed E-state index contributed by atoms with van der Waals surface area (Å²) in [7, 11) is 0. The third kappa shape index (κ3) is 3.48. The summed E-state index contributed by atoms with van der Waals surface area (Å²) in [4.78, 5) is 0.